The summed E-state index contributed by atoms with van der Waals surface area (Å²) in [6.45, 7) is 7.43. The Balaban J connectivity index is 0.00000312. The van der Waals surface area contributed by atoms with Gasteiger partial charge in [-0.1, -0.05) is 26.0 Å². The van der Waals surface area contributed by atoms with Gasteiger partial charge in [0, 0.05) is 19.6 Å². The lowest BCUT2D eigenvalue weighted by Gasteiger charge is -2.18. The zero-order chi connectivity index (χ0) is 17.4. The first-order chi connectivity index (χ1) is 11.6. The number of nitrogens with zero attached hydrogens (tertiary/aromatic N) is 4. The predicted molar refractivity (Wildman–Crippen MR) is 114 cm³/mol. The number of nitrogens with one attached hydrogen (secondary N) is 2. The van der Waals surface area contributed by atoms with Crippen LogP contribution in [0.25, 0.3) is 5.69 Å². The Morgan fingerprint density at radius 2 is 1.88 bits per heavy atom. The van der Waals surface area contributed by atoms with Gasteiger partial charge >= 0.3 is 0 Å². The summed E-state index contributed by atoms with van der Waals surface area (Å²) in [5.74, 6) is 1.57. The average molecular weight is 456 g/mol. The fraction of sp³-hybridized carbons (Fsp3) is 0.500. The van der Waals surface area contributed by atoms with E-state index in [1.807, 2.05) is 12.1 Å². The van der Waals surface area contributed by atoms with Gasteiger partial charge in [0.2, 0.25) is 0 Å². The van der Waals surface area contributed by atoms with Crippen molar-refractivity contribution in [3.63, 3.8) is 0 Å². The smallest absolute Gasteiger partial charge is 0.191 e. The van der Waals surface area contributed by atoms with Crippen molar-refractivity contribution < 1.29 is 0 Å². The molecule has 2 aromatic rings. The molecule has 0 bridgehead atoms. The Hall–Kier alpha value is -1.64. The van der Waals surface area contributed by atoms with Crippen LogP contribution in [0.1, 0.15) is 39.2 Å². The van der Waals surface area contributed by atoms with Crippen LogP contribution in [0.5, 0.6) is 0 Å². The van der Waals surface area contributed by atoms with Gasteiger partial charge in [-0.15, -0.1) is 24.0 Å². The van der Waals surface area contributed by atoms with Crippen LogP contribution in [0, 0.1) is 5.92 Å². The van der Waals surface area contributed by atoms with E-state index in [9.17, 15) is 0 Å². The van der Waals surface area contributed by atoms with Crippen LogP contribution in [0.4, 0.5) is 0 Å². The summed E-state index contributed by atoms with van der Waals surface area (Å²) in [4.78, 5) is 8.26. The summed E-state index contributed by atoms with van der Waals surface area (Å²) in [6, 6.07) is 8.65. The Bertz CT molecular complexity index is 622. The summed E-state index contributed by atoms with van der Waals surface area (Å²) >= 11 is 0. The van der Waals surface area contributed by atoms with Crippen molar-refractivity contribution in [3.8, 4) is 5.69 Å². The summed E-state index contributed by atoms with van der Waals surface area (Å²) in [7, 11) is 1.80. The largest absolute Gasteiger partial charge is 0.354 e. The minimum Gasteiger partial charge on any atom is -0.354 e. The molecule has 0 radical (unpaired) electrons. The lowest BCUT2D eigenvalue weighted by atomic mass is 10.0. The number of hydrogen-bond donors (Lipinski definition) is 2. The monoisotopic (exact) mass is 456 g/mol. The van der Waals surface area contributed by atoms with Crippen molar-refractivity contribution in [1.82, 2.24) is 25.4 Å². The normalized spacial score (nSPS) is 12.6. The van der Waals surface area contributed by atoms with Crippen LogP contribution in [-0.4, -0.2) is 33.8 Å². The summed E-state index contributed by atoms with van der Waals surface area (Å²) in [5, 5.41) is 10.9. The van der Waals surface area contributed by atoms with E-state index in [2.05, 4.69) is 58.6 Å². The van der Waals surface area contributed by atoms with Gasteiger partial charge in [-0.05, 0) is 43.4 Å². The maximum absolute atomic E-state index is 4.30. The molecule has 0 fully saturated rings. The zero-order valence-electron chi connectivity index (χ0n) is 15.4. The van der Waals surface area contributed by atoms with E-state index in [-0.39, 0.29) is 24.0 Å². The molecule has 0 aliphatic rings. The molecule has 1 unspecified atom stereocenters. The molecule has 25 heavy (non-hydrogen) atoms. The summed E-state index contributed by atoms with van der Waals surface area (Å²) < 4.78 is 1.74. The van der Waals surface area contributed by atoms with Crippen LogP contribution >= 0.6 is 24.0 Å². The molecule has 2 rings (SSSR count). The van der Waals surface area contributed by atoms with Gasteiger partial charge in [-0.25, -0.2) is 9.67 Å². The summed E-state index contributed by atoms with van der Waals surface area (Å²) in [5.41, 5.74) is 2.19. The lowest BCUT2D eigenvalue weighted by molar-refractivity contribution is 0.489. The quantitative estimate of drug-likeness (QED) is 0.381. The van der Waals surface area contributed by atoms with Crippen LogP contribution < -0.4 is 10.6 Å². The molecule has 1 aromatic heterocycles. The highest BCUT2D eigenvalue weighted by atomic mass is 127. The SMILES string of the molecule is CN=C(NCc1ccc(-n2cncn2)cc1)NC(C)CCC(C)C.I. The second kappa shape index (κ2) is 11.1. The van der Waals surface area contributed by atoms with E-state index in [1.165, 1.54) is 18.3 Å². The highest BCUT2D eigenvalue weighted by Gasteiger charge is 2.06. The van der Waals surface area contributed by atoms with Gasteiger partial charge in [-0.2, -0.15) is 5.10 Å². The highest BCUT2D eigenvalue weighted by Crippen LogP contribution is 2.08. The van der Waals surface area contributed by atoms with E-state index in [4.69, 9.17) is 0 Å². The molecule has 1 heterocycles. The lowest BCUT2D eigenvalue weighted by Crippen LogP contribution is -2.41. The Kier molecular flexibility index (Phi) is 9.48. The number of aliphatic imine (C=N–C) groups is 1. The van der Waals surface area contributed by atoms with Crippen LogP contribution in [0.15, 0.2) is 41.9 Å². The molecule has 0 aliphatic heterocycles. The van der Waals surface area contributed by atoms with Crippen LogP contribution in [-0.2, 0) is 6.54 Å². The fourth-order valence-corrected chi connectivity index (χ4v) is 2.38. The third kappa shape index (κ3) is 7.41. The van der Waals surface area contributed by atoms with E-state index in [0.29, 0.717) is 6.04 Å². The van der Waals surface area contributed by atoms with Crippen molar-refractivity contribution in [2.45, 2.75) is 46.2 Å². The van der Waals surface area contributed by atoms with Crippen LogP contribution in [0.3, 0.4) is 0 Å². The topological polar surface area (TPSA) is 67.1 Å². The zero-order valence-corrected chi connectivity index (χ0v) is 17.8. The minimum absolute atomic E-state index is 0. The Morgan fingerprint density at radius 3 is 2.44 bits per heavy atom. The molecule has 1 atom stereocenters. The molecule has 0 saturated carbocycles. The van der Waals surface area contributed by atoms with E-state index < -0.39 is 0 Å². The molecule has 0 amide bonds. The number of halogens is 1. The molecule has 138 valence electrons. The third-order valence-corrected chi connectivity index (χ3v) is 3.86. The second-order valence-corrected chi connectivity index (χ2v) is 6.45. The fourth-order valence-electron chi connectivity index (χ4n) is 2.38. The van der Waals surface area contributed by atoms with Crippen molar-refractivity contribution in [2.75, 3.05) is 7.05 Å². The third-order valence-electron chi connectivity index (χ3n) is 3.86. The van der Waals surface area contributed by atoms with Gasteiger partial charge in [0.1, 0.15) is 12.7 Å². The summed E-state index contributed by atoms with van der Waals surface area (Å²) in [6.07, 6.45) is 5.59. The van der Waals surface area contributed by atoms with Crippen molar-refractivity contribution in [1.29, 1.82) is 0 Å². The van der Waals surface area contributed by atoms with E-state index in [1.54, 1.807) is 18.1 Å². The van der Waals surface area contributed by atoms with Gasteiger partial charge in [0.25, 0.3) is 0 Å². The first-order valence-corrected chi connectivity index (χ1v) is 8.49. The molecule has 1 aromatic carbocycles. The minimum atomic E-state index is 0. The highest BCUT2D eigenvalue weighted by molar-refractivity contribution is 14.0. The second-order valence-electron chi connectivity index (χ2n) is 6.45. The maximum atomic E-state index is 4.30. The maximum Gasteiger partial charge on any atom is 0.191 e. The molecular weight excluding hydrogens is 427 g/mol. The average Bonchev–Trinajstić information content (AvgIpc) is 3.11. The number of aromatic nitrogens is 3. The van der Waals surface area contributed by atoms with E-state index in [0.717, 1.165) is 30.5 Å². The first-order valence-electron chi connectivity index (χ1n) is 8.49. The Labute approximate surface area is 167 Å². The van der Waals surface area contributed by atoms with Crippen molar-refractivity contribution in [2.24, 2.45) is 10.9 Å². The van der Waals surface area contributed by atoms with Gasteiger partial charge < -0.3 is 10.6 Å². The molecule has 0 spiro atoms. The number of benzene rings is 1. The van der Waals surface area contributed by atoms with Crippen LogP contribution in [0.2, 0.25) is 0 Å². The molecule has 0 aliphatic carbocycles. The van der Waals surface area contributed by atoms with E-state index >= 15 is 0 Å². The number of guanidine groups is 1. The number of hydrogen-bond acceptors (Lipinski definition) is 3. The van der Waals surface area contributed by atoms with Crippen molar-refractivity contribution >= 4 is 29.9 Å². The number of rotatable bonds is 7. The molecular formula is C18H29IN6. The molecule has 2 N–H and O–H groups in total. The molecule has 0 saturated heterocycles. The first kappa shape index (κ1) is 21.4. The predicted octanol–water partition coefficient (Wildman–Crippen LogP) is 3.38. The van der Waals surface area contributed by atoms with Gasteiger partial charge in [0.15, 0.2) is 5.96 Å². The Morgan fingerprint density at radius 1 is 1.16 bits per heavy atom. The molecule has 7 heteroatoms. The van der Waals surface area contributed by atoms with Crippen molar-refractivity contribution in [3.05, 3.63) is 42.5 Å². The van der Waals surface area contributed by atoms with Gasteiger partial charge in [0.05, 0.1) is 5.69 Å². The molecule has 6 nitrogen and oxygen atoms in total. The standard InChI is InChI=1S/C18H28N6.HI/c1-14(2)5-6-15(3)23-18(19-4)21-11-16-7-9-17(10-8-16)24-13-20-12-22-24;/h7-10,12-15H,5-6,11H2,1-4H3,(H2,19,21,23);1H. The van der Waals surface area contributed by atoms with Gasteiger partial charge in [-0.3, -0.25) is 4.99 Å².